The average molecular weight is 378 g/mol. The normalized spacial score (nSPS) is 9.79. The van der Waals surface area contributed by atoms with Crippen LogP contribution in [-0.2, 0) is 4.79 Å². The highest BCUT2D eigenvalue weighted by molar-refractivity contribution is 14.1. The Labute approximate surface area is 124 Å². The molecule has 3 N–H and O–H groups in total. The number of carboxylic acid groups (broad SMARTS) is 1. The molecule has 0 radical (unpaired) electrons. The van der Waals surface area contributed by atoms with Gasteiger partial charge in [-0.3, -0.25) is 4.79 Å². The van der Waals surface area contributed by atoms with Crippen molar-refractivity contribution in [2.24, 2.45) is 0 Å². The lowest BCUT2D eigenvalue weighted by molar-refractivity contribution is -0.137. The van der Waals surface area contributed by atoms with E-state index in [0.717, 1.165) is 3.57 Å². The van der Waals surface area contributed by atoms with Gasteiger partial charge in [-0.1, -0.05) is 0 Å². The first-order chi connectivity index (χ1) is 9.02. The summed E-state index contributed by atoms with van der Waals surface area (Å²) in [6, 6.07) is 4.99. The number of methoxy groups -OCH3 is 1. The van der Waals surface area contributed by atoms with Crippen molar-refractivity contribution in [3.8, 4) is 5.75 Å². The third-order valence-electron chi connectivity index (χ3n) is 2.27. The number of anilines is 1. The standard InChI is InChI=1S/C12H15IN2O4/c1-19-8-4-5-9(13)10(7-8)15-12(18)14-6-2-3-11(16)17/h4-5,7H,2-3,6H2,1H3,(H,16,17)(H2,14,15,18). The molecule has 7 heteroatoms. The zero-order valence-electron chi connectivity index (χ0n) is 10.4. The van der Waals surface area contributed by atoms with Crippen molar-refractivity contribution in [2.45, 2.75) is 12.8 Å². The first-order valence-corrected chi connectivity index (χ1v) is 6.71. The number of carboxylic acids is 1. The van der Waals surface area contributed by atoms with Crippen LogP contribution in [0.5, 0.6) is 5.75 Å². The van der Waals surface area contributed by atoms with Gasteiger partial charge in [-0.15, -0.1) is 0 Å². The predicted molar refractivity (Wildman–Crippen MR) is 79.6 cm³/mol. The van der Waals surface area contributed by atoms with E-state index in [4.69, 9.17) is 9.84 Å². The maximum atomic E-state index is 11.6. The Morgan fingerprint density at radius 1 is 1.42 bits per heavy atom. The molecular weight excluding hydrogens is 363 g/mol. The van der Waals surface area contributed by atoms with Crippen molar-refractivity contribution in [1.82, 2.24) is 5.32 Å². The van der Waals surface area contributed by atoms with Crippen LogP contribution in [-0.4, -0.2) is 30.8 Å². The summed E-state index contributed by atoms with van der Waals surface area (Å²) in [5.74, 6) is -0.217. The van der Waals surface area contributed by atoms with Gasteiger partial charge in [-0.2, -0.15) is 0 Å². The van der Waals surface area contributed by atoms with E-state index >= 15 is 0 Å². The van der Waals surface area contributed by atoms with Crippen LogP contribution in [0.3, 0.4) is 0 Å². The number of carbonyl (C=O) groups excluding carboxylic acids is 1. The molecule has 0 heterocycles. The topological polar surface area (TPSA) is 87.7 Å². The van der Waals surface area contributed by atoms with Crippen molar-refractivity contribution in [3.05, 3.63) is 21.8 Å². The second-order valence-electron chi connectivity index (χ2n) is 3.72. The highest BCUT2D eigenvalue weighted by atomic mass is 127. The molecule has 0 aliphatic carbocycles. The summed E-state index contributed by atoms with van der Waals surface area (Å²) in [5, 5.41) is 13.7. The molecule has 0 unspecified atom stereocenters. The molecule has 2 amide bonds. The quantitative estimate of drug-likeness (QED) is 0.524. The van der Waals surface area contributed by atoms with Crippen molar-refractivity contribution in [1.29, 1.82) is 0 Å². The van der Waals surface area contributed by atoms with E-state index in [1.165, 1.54) is 0 Å². The third kappa shape index (κ3) is 5.77. The lowest BCUT2D eigenvalue weighted by Crippen LogP contribution is -2.30. The van der Waals surface area contributed by atoms with Crippen LogP contribution in [0.4, 0.5) is 10.5 Å². The summed E-state index contributed by atoms with van der Waals surface area (Å²) >= 11 is 2.10. The summed E-state index contributed by atoms with van der Waals surface area (Å²) in [5.41, 5.74) is 0.649. The summed E-state index contributed by atoms with van der Waals surface area (Å²) < 4.78 is 5.96. The molecule has 0 aromatic heterocycles. The van der Waals surface area contributed by atoms with E-state index < -0.39 is 5.97 Å². The Bertz CT molecular complexity index is 465. The van der Waals surface area contributed by atoms with Gasteiger partial charge in [-0.05, 0) is 41.1 Å². The van der Waals surface area contributed by atoms with E-state index in [1.807, 2.05) is 6.07 Å². The fraction of sp³-hybridized carbons (Fsp3) is 0.333. The first kappa shape index (κ1) is 15.5. The molecule has 1 aromatic carbocycles. The number of rotatable bonds is 6. The average Bonchev–Trinajstić information content (AvgIpc) is 2.37. The largest absolute Gasteiger partial charge is 0.497 e. The smallest absolute Gasteiger partial charge is 0.319 e. The molecule has 0 aliphatic heterocycles. The van der Waals surface area contributed by atoms with Crippen LogP contribution in [0.1, 0.15) is 12.8 Å². The van der Waals surface area contributed by atoms with Crippen LogP contribution in [0.2, 0.25) is 0 Å². The molecule has 0 fully saturated rings. The van der Waals surface area contributed by atoms with Gasteiger partial charge < -0.3 is 20.5 Å². The van der Waals surface area contributed by atoms with Crippen LogP contribution < -0.4 is 15.4 Å². The van der Waals surface area contributed by atoms with Crippen LogP contribution in [0.15, 0.2) is 18.2 Å². The first-order valence-electron chi connectivity index (χ1n) is 5.63. The molecule has 0 atom stereocenters. The maximum Gasteiger partial charge on any atom is 0.319 e. The molecule has 1 rings (SSSR count). The minimum Gasteiger partial charge on any atom is -0.497 e. The Balaban J connectivity index is 2.45. The maximum absolute atomic E-state index is 11.6. The Morgan fingerprint density at radius 3 is 2.79 bits per heavy atom. The van der Waals surface area contributed by atoms with Gasteiger partial charge in [-0.25, -0.2) is 4.79 Å². The lowest BCUT2D eigenvalue weighted by Gasteiger charge is -2.10. The molecule has 19 heavy (non-hydrogen) atoms. The second kappa shape index (κ2) is 7.82. The van der Waals surface area contributed by atoms with Gasteiger partial charge >= 0.3 is 12.0 Å². The highest BCUT2D eigenvalue weighted by Gasteiger charge is 2.06. The lowest BCUT2D eigenvalue weighted by atomic mass is 10.3. The van der Waals surface area contributed by atoms with Gasteiger partial charge in [0.2, 0.25) is 0 Å². The zero-order chi connectivity index (χ0) is 14.3. The number of urea groups is 1. The SMILES string of the molecule is COc1ccc(I)c(NC(=O)NCCCC(=O)O)c1. The third-order valence-corrected chi connectivity index (χ3v) is 3.22. The molecule has 0 aliphatic rings. The van der Waals surface area contributed by atoms with Crippen molar-refractivity contribution in [3.63, 3.8) is 0 Å². The van der Waals surface area contributed by atoms with Gasteiger partial charge in [0.1, 0.15) is 5.75 Å². The zero-order valence-corrected chi connectivity index (χ0v) is 12.6. The molecule has 104 valence electrons. The predicted octanol–water partition coefficient (Wildman–Crippen LogP) is 2.29. The Kier molecular flexibility index (Phi) is 6.40. The van der Waals surface area contributed by atoms with Crippen LogP contribution >= 0.6 is 22.6 Å². The molecule has 0 bridgehead atoms. The fourth-order valence-corrected chi connectivity index (χ4v) is 1.81. The van der Waals surface area contributed by atoms with Gasteiger partial charge in [0.15, 0.2) is 0 Å². The Hall–Kier alpha value is -1.51. The summed E-state index contributed by atoms with van der Waals surface area (Å²) in [4.78, 5) is 21.9. The van der Waals surface area contributed by atoms with Crippen molar-refractivity contribution >= 4 is 40.3 Å². The van der Waals surface area contributed by atoms with Crippen molar-refractivity contribution in [2.75, 3.05) is 19.0 Å². The molecule has 1 aromatic rings. The van der Waals surface area contributed by atoms with E-state index in [9.17, 15) is 9.59 Å². The molecule has 0 spiro atoms. The van der Waals surface area contributed by atoms with Gasteiger partial charge in [0.05, 0.1) is 12.8 Å². The molecule has 0 saturated heterocycles. The fourth-order valence-electron chi connectivity index (χ4n) is 1.34. The number of aliphatic carboxylic acids is 1. The molecular formula is C12H15IN2O4. The number of benzene rings is 1. The van der Waals surface area contributed by atoms with Crippen LogP contribution in [0, 0.1) is 3.57 Å². The number of nitrogens with one attached hydrogen (secondary N) is 2. The number of hydrogen-bond donors (Lipinski definition) is 3. The van der Waals surface area contributed by atoms with E-state index in [-0.39, 0.29) is 12.5 Å². The minimum atomic E-state index is -0.871. The van der Waals surface area contributed by atoms with Gasteiger partial charge in [0, 0.05) is 22.6 Å². The highest BCUT2D eigenvalue weighted by Crippen LogP contribution is 2.23. The number of ether oxygens (including phenoxy) is 1. The summed E-state index contributed by atoms with van der Waals surface area (Å²) in [7, 11) is 1.55. The van der Waals surface area contributed by atoms with E-state index in [2.05, 4.69) is 33.2 Å². The second-order valence-corrected chi connectivity index (χ2v) is 4.89. The summed E-state index contributed by atoms with van der Waals surface area (Å²) in [6.45, 7) is 0.318. The number of carbonyl (C=O) groups is 2. The van der Waals surface area contributed by atoms with E-state index in [0.29, 0.717) is 24.4 Å². The summed E-state index contributed by atoms with van der Waals surface area (Å²) in [6.07, 6.45) is 0.439. The molecule has 0 saturated carbocycles. The van der Waals surface area contributed by atoms with Crippen LogP contribution in [0.25, 0.3) is 0 Å². The number of halogens is 1. The number of amides is 2. The Morgan fingerprint density at radius 2 is 2.16 bits per heavy atom. The monoisotopic (exact) mass is 378 g/mol. The van der Waals surface area contributed by atoms with Gasteiger partial charge in [0.25, 0.3) is 0 Å². The minimum absolute atomic E-state index is 0.0387. The van der Waals surface area contributed by atoms with E-state index in [1.54, 1.807) is 19.2 Å². The molecule has 6 nitrogen and oxygen atoms in total. The number of hydrogen-bond acceptors (Lipinski definition) is 3. The van der Waals surface area contributed by atoms with Crippen molar-refractivity contribution < 1.29 is 19.4 Å².